The maximum atomic E-state index is 12.7. The number of carbonyl (C=O) groups excluding carboxylic acids is 1. The second-order valence-electron chi connectivity index (χ2n) is 7.25. The van der Waals surface area contributed by atoms with Crippen molar-refractivity contribution < 1.29 is 4.79 Å². The van der Waals surface area contributed by atoms with Crippen molar-refractivity contribution in [3.05, 3.63) is 94.9 Å². The molecule has 30 heavy (non-hydrogen) atoms. The number of benzene rings is 3. The number of nitrogens with zero attached hydrogens (tertiary/aromatic N) is 3. The zero-order valence-corrected chi connectivity index (χ0v) is 18.1. The van der Waals surface area contributed by atoms with Crippen LogP contribution in [0.25, 0.3) is 6.08 Å². The maximum Gasteiger partial charge on any atom is 0.286 e. The van der Waals surface area contributed by atoms with Gasteiger partial charge in [-0.05, 0) is 72.3 Å². The van der Waals surface area contributed by atoms with Gasteiger partial charge in [0.2, 0.25) is 0 Å². The van der Waals surface area contributed by atoms with Crippen LogP contribution in [-0.2, 0) is 4.79 Å². The van der Waals surface area contributed by atoms with Gasteiger partial charge in [-0.15, -0.1) is 0 Å². The third kappa shape index (κ3) is 4.16. The summed E-state index contributed by atoms with van der Waals surface area (Å²) in [5, 5.41) is 0.659. The summed E-state index contributed by atoms with van der Waals surface area (Å²) >= 11 is 1.41. The summed E-state index contributed by atoms with van der Waals surface area (Å²) in [6.07, 6.45) is 1.94. The van der Waals surface area contributed by atoms with E-state index >= 15 is 0 Å². The lowest BCUT2D eigenvalue weighted by molar-refractivity contribution is -0.113. The number of amides is 1. The van der Waals surface area contributed by atoms with Gasteiger partial charge in [0.25, 0.3) is 5.91 Å². The molecule has 150 valence electrons. The average molecular weight is 414 g/mol. The molecule has 0 bridgehead atoms. The van der Waals surface area contributed by atoms with Gasteiger partial charge in [-0.25, -0.2) is 0 Å². The highest BCUT2D eigenvalue weighted by Crippen LogP contribution is 2.37. The number of anilines is 3. The molecule has 0 aliphatic carbocycles. The Morgan fingerprint density at radius 2 is 1.43 bits per heavy atom. The Labute approximate surface area is 181 Å². The van der Waals surface area contributed by atoms with E-state index in [-0.39, 0.29) is 5.91 Å². The largest absolute Gasteiger partial charge is 0.378 e. The van der Waals surface area contributed by atoms with E-state index in [1.807, 2.05) is 85.7 Å². The molecule has 0 atom stereocenters. The highest BCUT2D eigenvalue weighted by Gasteiger charge is 2.28. The molecule has 3 aromatic carbocycles. The van der Waals surface area contributed by atoms with E-state index < -0.39 is 0 Å². The Hall–Kier alpha value is -3.31. The third-order valence-corrected chi connectivity index (χ3v) is 5.85. The zero-order chi connectivity index (χ0) is 21.1. The minimum absolute atomic E-state index is 0.206. The van der Waals surface area contributed by atoms with E-state index in [0.29, 0.717) is 10.1 Å². The van der Waals surface area contributed by atoms with Crippen LogP contribution in [0.3, 0.4) is 0 Å². The summed E-state index contributed by atoms with van der Waals surface area (Å²) in [6.45, 7) is 2.06. The summed E-state index contributed by atoms with van der Waals surface area (Å²) in [4.78, 5) is 21.8. The van der Waals surface area contributed by atoms with Crippen molar-refractivity contribution in [3.63, 3.8) is 0 Å². The topological polar surface area (TPSA) is 35.9 Å². The number of carbonyl (C=O) groups is 1. The predicted molar refractivity (Wildman–Crippen MR) is 129 cm³/mol. The first-order valence-electron chi connectivity index (χ1n) is 9.74. The van der Waals surface area contributed by atoms with Crippen molar-refractivity contribution in [3.8, 4) is 0 Å². The van der Waals surface area contributed by atoms with Gasteiger partial charge in [-0.1, -0.05) is 42.5 Å². The first kappa shape index (κ1) is 20.0. The van der Waals surface area contributed by atoms with Crippen LogP contribution < -0.4 is 9.80 Å². The smallest absolute Gasteiger partial charge is 0.286 e. The van der Waals surface area contributed by atoms with E-state index in [1.54, 1.807) is 0 Å². The molecule has 0 unspecified atom stereocenters. The van der Waals surface area contributed by atoms with Crippen molar-refractivity contribution in [2.45, 2.75) is 6.92 Å². The number of rotatable bonds is 4. The van der Waals surface area contributed by atoms with Gasteiger partial charge in [0.05, 0.1) is 4.91 Å². The Bertz CT molecular complexity index is 1080. The second kappa shape index (κ2) is 8.59. The first-order valence-corrected chi connectivity index (χ1v) is 10.6. The first-order chi connectivity index (χ1) is 14.5. The Balaban J connectivity index is 1.67. The summed E-state index contributed by atoms with van der Waals surface area (Å²) in [5.41, 5.74) is 5.22. The van der Waals surface area contributed by atoms with E-state index in [2.05, 4.69) is 35.0 Å². The molecule has 0 radical (unpaired) electrons. The van der Waals surface area contributed by atoms with E-state index in [4.69, 9.17) is 0 Å². The van der Waals surface area contributed by atoms with Gasteiger partial charge in [0.1, 0.15) is 0 Å². The number of thioether (sulfide) groups is 1. The highest BCUT2D eigenvalue weighted by molar-refractivity contribution is 8.18. The molecule has 1 aliphatic heterocycles. The number of para-hydroxylation sites is 2. The van der Waals surface area contributed by atoms with E-state index in [9.17, 15) is 4.79 Å². The van der Waals surface area contributed by atoms with E-state index in [0.717, 1.165) is 28.2 Å². The number of aliphatic imine (C=N–C) groups is 1. The van der Waals surface area contributed by atoms with Gasteiger partial charge in [-0.2, -0.15) is 4.99 Å². The fourth-order valence-electron chi connectivity index (χ4n) is 3.26. The van der Waals surface area contributed by atoms with Crippen LogP contribution in [0.1, 0.15) is 11.1 Å². The fraction of sp³-hybridized carbons (Fsp3) is 0.120. The Morgan fingerprint density at radius 3 is 1.97 bits per heavy atom. The van der Waals surface area contributed by atoms with Crippen LogP contribution in [0.2, 0.25) is 0 Å². The molecule has 0 saturated heterocycles. The monoisotopic (exact) mass is 413 g/mol. The van der Waals surface area contributed by atoms with Gasteiger partial charge in [0, 0.05) is 31.2 Å². The van der Waals surface area contributed by atoms with Crippen LogP contribution >= 0.6 is 11.8 Å². The summed E-state index contributed by atoms with van der Waals surface area (Å²) in [6, 6.07) is 26.2. The minimum Gasteiger partial charge on any atom is -0.378 e. The van der Waals surface area contributed by atoms with Gasteiger partial charge >= 0.3 is 0 Å². The standard InChI is InChI=1S/C25H23N3OS/c1-18-16-22(27(2)3)15-14-19(18)17-23-24(29)26-25(30-23)28(20-10-6-4-7-11-20)21-12-8-5-9-13-21/h4-17H,1-3H3/b23-17+. The van der Waals surface area contributed by atoms with Gasteiger partial charge in [0.15, 0.2) is 5.17 Å². The molecule has 0 aromatic heterocycles. The molecule has 3 aromatic rings. The molecule has 0 fully saturated rings. The highest BCUT2D eigenvalue weighted by atomic mass is 32.2. The molecule has 1 heterocycles. The molecular formula is C25H23N3OS. The van der Waals surface area contributed by atoms with Crippen LogP contribution in [0.4, 0.5) is 17.1 Å². The van der Waals surface area contributed by atoms with Crippen LogP contribution in [0.15, 0.2) is 88.8 Å². The molecule has 0 N–H and O–H groups in total. The maximum absolute atomic E-state index is 12.7. The van der Waals surface area contributed by atoms with Crippen molar-refractivity contribution in [2.75, 3.05) is 23.9 Å². The second-order valence-corrected chi connectivity index (χ2v) is 8.26. The van der Waals surface area contributed by atoms with Crippen LogP contribution in [0, 0.1) is 6.92 Å². The third-order valence-electron chi connectivity index (χ3n) is 4.89. The van der Waals surface area contributed by atoms with Gasteiger partial charge < -0.3 is 4.90 Å². The van der Waals surface area contributed by atoms with Crippen LogP contribution in [-0.4, -0.2) is 25.2 Å². The molecule has 5 heteroatoms. The van der Waals surface area contributed by atoms with Crippen molar-refractivity contribution in [1.29, 1.82) is 0 Å². The Kier molecular flexibility index (Phi) is 5.72. The molecule has 0 saturated carbocycles. The molecular weight excluding hydrogens is 390 g/mol. The van der Waals surface area contributed by atoms with Crippen LogP contribution in [0.5, 0.6) is 0 Å². The molecule has 4 nitrogen and oxygen atoms in total. The lowest BCUT2D eigenvalue weighted by atomic mass is 10.1. The van der Waals surface area contributed by atoms with Crippen molar-refractivity contribution in [2.24, 2.45) is 4.99 Å². The Morgan fingerprint density at radius 1 is 0.833 bits per heavy atom. The quantitative estimate of drug-likeness (QED) is 0.501. The van der Waals surface area contributed by atoms with Crippen molar-refractivity contribution >= 4 is 46.0 Å². The average Bonchev–Trinajstić information content (AvgIpc) is 3.11. The lowest BCUT2D eigenvalue weighted by Gasteiger charge is -2.23. The molecule has 1 amide bonds. The zero-order valence-electron chi connectivity index (χ0n) is 17.2. The van der Waals surface area contributed by atoms with E-state index in [1.165, 1.54) is 11.8 Å². The number of hydrogen-bond donors (Lipinski definition) is 0. The normalized spacial score (nSPS) is 14.7. The summed E-state index contributed by atoms with van der Waals surface area (Å²) in [5.74, 6) is -0.206. The minimum atomic E-state index is -0.206. The number of amidine groups is 1. The molecule has 1 aliphatic rings. The number of aryl methyl sites for hydroxylation is 1. The predicted octanol–water partition coefficient (Wildman–Crippen LogP) is 5.87. The molecule has 0 spiro atoms. The van der Waals surface area contributed by atoms with Crippen molar-refractivity contribution in [1.82, 2.24) is 0 Å². The summed E-state index contributed by atoms with van der Waals surface area (Å²) in [7, 11) is 4.04. The lowest BCUT2D eigenvalue weighted by Crippen LogP contribution is -2.21. The fourth-order valence-corrected chi connectivity index (χ4v) is 4.21. The SMILES string of the molecule is Cc1cc(N(C)C)ccc1/C=C1/SC(N(c2ccccc2)c2ccccc2)=NC1=O. The summed E-state index contributed by atoms with van der Waals surface area (Å²) < 4.78 is 0. The van der Waals surface area contributed by atoms with Gasteiger partial charge in [-0.3, -0.25) is 9.69 Å². The number of hydrogen-bond acceptors (Lipinski definition) is 4. The molecule has 4 rings (SSSR count).